The van der Waals surface area contributed by atoms with Crippen LogP contribution >= 0.6 is 0 Å². The highest BCUT2D eigenvalue weighted by atomic mass is 19.4. The average molecular weight is 485 g/mol. The van der Waals surface area contributed by atoms with E-state index in [2.05, 4.69) is 30.6 Å². The van der Waals surface area contributed by atoms with Gasteiger partial charge in [0.1, 0.15) is 19.5 Å². The molecule has 4 heterocycles. The number of nitrogens with zero attached hydrogens (tertiary/aromatic N) is 8. The molecule has 0 fully saturated rings. The van der Waals surface area contributed by atoms with Gasteiger partial charge in [-0.15, -0.1) is 4.80 Å². The summed E-state index contributed by atoms with van der Waals surface area (Å²) < 4.78 is 43.2. The van der Waals surface area contributed by atoms with Crippen LogP contribution in [0.2, 0.25) is 0 Å². The molecule has 2 radical (unpaired) electrons. The zero-order chi connectivity index (χ0) is 25.4. The second-order valence-corrected chi connectivity index (χ2v) is 7.38. The lowest BCUT2D eigenvalue weighted by Gasteiger charge is -2.14. The van der Waals surface area contributed by atoms with Crippen molar-refractivity contribution in [1.82, 2.24) is 34.7 Å². The number of halogens is 3. The second kappa shape index (κ2) is 8.62. The number of nitriles is 1. The van der Waals surface area contributed by atoms with Gasteiger partial charge in [-0.2, -0.15) is 33.7 Å². The molecular formula is C22H11BF3N9O. The molecule has 1 N–H and O–H groups in total. The average Bonchev–Trinajstić information content (AvgIpc) is 3.54. The molecule has 4 aromatic heterocycles. The van der Waals surface area contributed by atoms with Crippen molar-refractivity contribution in [2.45, 2.75) is 6.18 Å². The summed E-state index contributed by atoms with van der Waals surface area (Å²) in [5.41, 5.74) is -1.37. The van der Waals surface area contributed by atoms with E-state index in [0.717, 1.165) is 11.0 Å². The van der Waals surface area contributed by atoms with Gasteiger partial charge >= 0.3 is 6.18 Å². The van der Waals surface area contributed by atoms with Crippen LogP contribution in [-0.2, 0) is 6.18 Å². The lowest BCUT2D eigenvalue weighted by molar-refractivity contribution is -0.143. The van der Waals surface area contributed by atoms with Gasteiger partial charge in [0.05, 0.1) is 47.2 Å². The van der Waals surface area contributed by atoms with Gasteiger partial charge in [-0.05, 0) is 29.9 Å². The highest BCUT2D eigenvalue weighted by Gasteiger charge is 2.41. The number of pyridine rings is 2. The molecule has 0 aliphatic heterocycles. The van der Waals surface area contributed by atoms with Crippen molar-refractivity contribution in [3.8, 4) is 17.6 Å². The molecule has 0 saturated carbocycles. The number of carbonyl (C=O) groups excluding carboxylic acids is 1. The topological polar surface area (TPSA) is 127 Å². The van der Waals surface area contributed by atoms with E-state index < -0.39 is 23.3 Å². The predicted molar refractivity (Wildman–Crippen MR) is 121 cm³/mol. The smallest absolute Gasteiger partial charge is 0.320 e. The minimum absolute atomic E-state index is 0.00160. The summed E-state index contributed by atoms with van der Waals surface area (Å²) in [4.78, 5) is 22.2. The Morgan fingerprint density at radius 2 is 1.86 bits per heavy atom. The molecule has 0 unspecified atom stereocenters. The molecule has 36 heavy (non-hydrogen) atoms. The molecule has 1 aromatic carbocycles. The third kappa shape index (κ3) is 4.02. The van der Waals surface area contributed by atoms with Crippen LogP contribution in [0.1, 0.15) is 21.6 Å². The number of nitrogens with one attached hydrogen (secondary N) is 1. The van der Waals surface area contributed by atoms with Crippen LogP contribution in [0.15, 0.2) is 61.2 Å². The number of fused-ring (bicyclic) bond motifs is 1. The van der Waals surface area contributed by atoms with E-state index in [9.17, 15) is 23.2 Å². The van der Waals surface area contributed by atoms with Gasteiger partial charge in [0.25, 0.3) is 5.91 Å². The molecule has 10 nitrogen and oxygen atoms in total. The number of benzene rings is 1. The number of rotatable bonds is 4. The highest BCUT2D eigenvalue weighted by Crippen LogP contribution is 2.35. The summed E-state index contributed by atoms with van der Waals surface area (Å²) in [6, 6.07) is 10.7. The number of amides is 1. The standard InChI is InChI=1S/C22H11BF3N9O/c23-18-5-4-14-16(33-18)2-1-3-17(14)34-19(22(24,25)26)15(11-31-34)21(36)32-13-8-12(9-27)20(28-10-13)35-29-6-7-30-35/h1-8,10-11H,(H,32,36). The molecule has 5 rings (SSSR count). The maximum absolute atomic E-state index is 14.2. The van der Waals surface area contributed by atoms with Gasteiger partial charge in [-0.25, -0.2) is 9.67 Å². The molecule has 1 amide bonds. The minimum Gasteiger partial charge on any atom is -0.320 e. The van der Waals surface area contributed by atoms with E-state index in [0.29, 0.717) is 15.6 Å². The van der Waals surface area contributed by atoms with E-state index in [4.69, 9.17) is 7.85 Å². The summed E-state index contributed by atoms with van der Waals surface area (Å²) in [6.45, 7) is 0. The normalized spacial score (nSPS) is 11.4. The predicted octanol–water partition coefficient (Wildman–Crippen LogP) is 2.33. The van der Waals surface area contributed by atoms with Crippen LogP contribution < -0.4 is 10.9 Å². The molecule has 0 aliphatic rings. The summed E-state index contributed by atoms with van der Waals surface area (Å²) in [6.07, 6.45) is -0.165. The number of carbonyl (C=O) groups is 1. The number of anilines is 1. The summed E-state index contributed by atoms with van der Waals surface area (Å²) in [7, 11) is 5.69. The second-order valence-electron chi connectivity index (χ2n) is 7.38. The van der Waals surface area contributed by atoms with E-state index in [-0.39, 0.29) is 28.3 Å². The SMILES string of the molecule is [B]c1ccc2c(-n3ncc(C(=O)Nc4cnc(-n5nccn5)c(C#N)c4)c3C(F)(F)F)cccc2n1. The van der Waals surface area contributed by atoms with Gasteiger partial charge in [0.2, 0.25) is 0 Å². The molecule has 0 saturated heterocycles. The minimum atomic E-state index is -4.93. The number of alkyl halides is 3. The quantitative estimate of drug-likeness (QED) is 0.387. The summed E-state index contributed by atoms with van der Waals surface area (Å²) in [5.74, 6) is -0.999. The van der Waals surface area contributed by atoms with E-state index in [1.54, 1.807) is 6.07 Å². The van der Waals surface area contributed by atoms with Gasteiger partial charge in [-0.3, -0.25) is 9.78 Å². The van der Waals surface area contributed by atoms with Crippen molar-refractivity contribution in [2.75, 3.05) is 5.32 Å². The van der Waals surface area contributed by atoms with Gasteiger partial charge < -0.3 is 5.32 Å². The van der Waals surface area contributed by atoms with Crippen LogP contribution in [0.25, 0.3) is 22.4 Å². The highest BCUT2D eigenvalue weighted by molar-refractivity contribution is 6.31. The molecule has 0 spiro atoms. The summed E-state index contributed by atoms with van der Waals surface area (Å²) in [5, 5.41) is 23.8. The van der Waals surface area contributed by atoms with Crippen molar-refractivity contribution in [3.05, 3.63) is 78.0 Å². The maximum atomic E-state index is 14.2. The third-order valence-electron chi connectivity index (χ3n) is 5.09. The van der Waals surface area contributed by atoms with Crippen LogP contribution in [0.4, 0.5) is 18.9 Å². The number of hydrogen-bond acceptors (Lipinski definition) is 7. The first-order valence-electron chi connectivity index (χ1n) is 10.2. The Bertz CT molecular complexity index is 1660. The van der Waals surface area contributed by atoms with Crippen LogP contribution in [-0.4, -0.2) is 48.5 Å². The number of aromatic nitrogens is 7. The molecule has 14 heteroatoms. The number of hydrogen-bond donors (Lipinski definition) is 1. The molecule has 5 aromatic rings. The van der Waals surface area contributed by atoms with Crippen molar-refractivity contribution in [1.29, 1.82) is 5.26 Å². The van der Waals surface area contributed by atoms with E-state index in [1.807, 2.05) is 6.07 Å². The fourth-order valence-corrected chi connectivity index (χ4v) is 3.60. The Kier molecular flexibility index (Phi) is 5.44. The molecule has 174 valence electrons. The zero-order valence-corrected chi connectivity index (χ0v) is 18.0. The van der Waals surface area contributed by atoms with Crippen LogP contribution in [0, 0.1) is 11.3 Å². The lowest BCUT2D eigenvalue weighted by Crippen LogP contribution is -2.21. The molecule has 0 bridgehead atoms. The van der Waals surface area contributed by atoms with Gasteiger partial charge in [-0.1, -0.05) is 12.1 Å². The van der Waals surface area contributed by atoms with Crippen LogP contribution in [0.3, 0.4) is 0 Å². The largest absolute Gasteiger partial charge is 0.434 e. The molecular weight excluding hydrogens is 474 g/mol. The Morgan fingerprint density at radius 1 is 1.08 bits per heavy atom. The van der Waals surface area contributed by atoms with Gasteiger partial charge in [0.15, 0.2) is 11.5 Å². The van der Waals surface area contributed by atoms with Crippen molar-refractivity contribution in [3.63, 3.8) is 0 Å². The first-order valence-corrected chi connectivity index (χ1v) is 10.2. The fraction of sp³-hybridized carbons (Fsp3) is 0.0455. The first kappa shape index (κ1) is 22.7. The lowest BCUT2D eigenvalue weighted by atomic mass is 10.0. The van der Waals surface area contributed by atoms with Crippen molar-refractivity contribution < 1.29 is 18.0 Å². The van der Waals surface area contributed by atoms with Crippen molar-refractivity contribution in [2.24, 2.45) is 0 Å². The van der Waals surface area contributed by atoms with E-state index in [1.165, 1.54) is 48.9 Å². The van der Waals surface area contributed by atoms with Crippen molar-refractivity contribution >= 4 is 35.9 Å². The maximum Gasteiger partial charge on any atom is 0.434 e. The van der Waals surface area contributed by atoms with E-state index >= 15 is 0 Å². The molecule has 0 aliphatic carbocycles. The third-order valence-corrected chi connectivity index (χ3v) is 5.09. The molecule has 0 atom stereocenters. The zero-order valence-electron chi connectivity index (χ0n) is 18.0. The Balaban J connectivity index is 1.55. The Morgan fingerprint density at radius 3 is 2.58 bits per heavy atom. The summed E-state index contributed by atoms with van der Waals surface area (Å²) >= 11 is 0. The van der Waals surface area contributed by atoms with Gasteiger partial charge in [0, 0.05) is 5.39 Å². The Hall–Kier alpha value is -5.06. The first-order chi connectivity index (χ1) is 17.3. The fourth-order valence-electron chi connectivity index (χ4n) is 3.60. The Labute approximate surface area is 201 Å². The van der Waals surface area contributed by atoms with Crippen LogP contribution in [0.5, 0.6) is 0 Å². The monoisotopic (exact) mass is 485 g/mol.